The first kappa shape index (κ1) is 18.9. The van der Waals surface area contributed by atoms with E-state index in [4.69, 9.17) is 10.2 Å². The van der Waals surface area contributed by atoms with Gasteiger partial charge in [0.1, 0.15) is 11.5 Å². The van der Waals surface area contributed by atoms with Crippen LogP contribution in [0, 0.1) is 19.8 Å². The van der Waals surface area contributed by atoms with Crippen LogP contribution >= 0.6 is 0 Å². The maximum absolute atomic E-state index is 12.8. The second-order valence-electron chi connectivity index (χ2n) is 8.65. The molecule has 0 saturated heterocycles. The summed E-state index contributed by atoms with van der Waals surface area (Å²) in [7, 11) is 0. The van der Waals surface area contributed by atoms with Gasteiger partial charge in [0, 0.05) is 17.5 Å². The molecule has 1 unspecified atom stereocenters. The number of furan rings is 1. The van der Waals surface area contributed by atoms with Gasteiger partial charge < -0.3 is 10.2 Å². The molecule has 0 radical (unpaired) electrons. The summed E-state index contributed by atoms with van der Waals surface area (Å²) in [6.07, 6.45) is 3.88. The van der Waals surface area contributed by atoms with E-state index in [1.54, 1.807) is 12.1 Å². The van der Waals surface area contributed by atoms with E-state index in [-0.39, 0.29) is 5.78 Å². The summed E-state index contributed by atoms with van der Waals surface area (Å²) in [5.41, 5.74) is 12.4. The summed E-state index contributed by atoms with van der Waals surface area (Å²) >= 11 is 0. The number of carbonyl (C=O) groups is 2. The van der Waals surface area contributed by atoms with Crippen molar-refractivity contribution in [3.05, 3.63) is 70.5 Å². The first-order valence-electron chi connectivity index (χ1n) is 10.6. The number of hydrogen-bond acceptors (Lipinski definition) is 3. The zero-order valence-electron chi connectivity index (χ0n) is 17.3. The van der Waals surface area contributed by atoms with Crippen molar-refractivity contribution in [2.75, 3.05) is 0 Å². The van der Waals surface area contributed by atoms with Crippen LogP contribution < -0.4 is 5.73 Å². The van der Waals surface area contributed by atoms with Crippen LogP contribution in [0.4, 0.5) is 0 Å². The molecule has 2 aliphatic carbocycles. The zero-order valence-corrected chi connectivity index (χ0v) is 17.3. The topological polar surface area (TPSA) is 73.3 Å². The molecule has 1 aromatic heterocycles. The highest BCUT2D eigenvalue weighted by Crippen LogP contribution is 2.51. The van der Waals surface area contributed by atoms with E-state index in [0.717, 1.165) is 34.6 Å². The number of Topliss-reactive ketones (excluding diaryl/α,β-unsaturated/α-hetero) is 1. The molecule has 5 rings (SSSR count). The Labute approximate surface area is 176 Å². The number of fused-ring (bicyclic) bond motifs is 3. The maximum Gasteiger partial charge on any atom is 0.248 e. The number of hydrogen-bond donors (Lipinski definition) is 1. The van der Waals surface area contributed by atoms with Gasteiger partial charge in [-0.1, -0.05) is 24.3 Å². The van der Waals surface area contributed by atoms with Crippen LogP contribution in [0.25, 0.3) is 22.5 Å². The number of primary amides is 1. The Morgan fingerprint density at radius 1 is 0.967 bits per heavy atom. The van der Waals surface area contributed by atoms with Gasteiger partial charge in [0.05, 0.1) is 5.56 Å². The highest BCUT2D eigenvalue weighted by atomic mass is 16.3. The number of ketones is 1. The van der Waals surface area contributed by atoms with Gasteiger partial charge in [-0.15, -0.1) is 0 Å². The Bertz CT molecular complexity index is 1170. The normalized spacial score (nSPS) is 18.3. The molecule has 3 aromatic rings. The summed E-state index contributed by atoms with van der Waals surface area (Å²) in [4.78, 5) is 24.3. The quantitative estimate of drug-likeness (QED) is 0.605. The number of carbonyl (C=O) groups excluding carboxylic acids is 2. The molecule has 0 bridgehead atoms. The van der Waals surface area contributed by atoms with Crippen molar-refractivity contribution >= 4 is 11.7 Å². The molecule has 4 nitrogen and oxygen atoms in total. The minimum atomic E-state index is -0.421. The van der Waals surface area contributed by atoms with Crippen LogP contribution in [0.2, 0.25) is 0 Å². The third-order valence-electron chi connectivity index (χ3n) is 6.64. The van der Waals surface area contributed by atoms with Gasteiger partial charge in [-0.3, -0.25) is 9.59 Å². The predicted octanol–water partition coefficient (Wildman–Crippen LogP) is 5.80. The highest BCUT2D eigenvalue weighted by molar-refractivity contribution is 6.02. The summed E-state index contributed by atoms with van der Waals surface area (Å²) in [6, 6.07) is 13.6. The molecule has 30 heavy (non-hydrogen) atoms. The van der Waals surface area contributed by atoms with Gasteiger partial charge in [0.25, 0.3) is 0 Å². The average Bonchev–Trinajstić information content (AvgIpc) is 3.49. The smallest absolute Gasteiger partial charge is 0.248 e. The van der Waals surface area contributed by atoms with Crippen molar-refractivity contribution in [3.63, 3.8) is 0 Å². The average molecular weight is 399 g/mol. The van der Waals surface area contributed by atoms with E-state index in [2.05, 4.69) is 19.1 Å². The first-order valence-corrected chi connectivity index (χ1v) is 10.6. The van der Waals surface area contributed by atoms with Gasteiger partial charge in [-0.05, 0) is 85.4 Å². The third kappa shape index (κ3) is 3.07. The van der Waals surface area contributed by atoms with Crippen molar-refractivity contribution in [1.82, 2.24) is 0 Å². The number of rotatable bonds is 3. The fourth-order valence-corrected chi connectivity index (χ4v) is 4.99. The lowest BCUT2D eigenvalue weighted by molar-refractivity contribution is 0.0973. The van der Waals surface area contributed by atoms with E-state index < -0.39 is 5.91 Å². The summed E-state index contributed by atoms with van der Waals surface area (Å²) in [5, 5.41) is 0. The van der Waals surface area contributed by atoms with Gasteiger partial charge in [-0.2, -0.15) is 0 Å². The van der Waals surface area contributed by atoms with Gasteiger partial charge in [-0.25, -0.2) is 0 Å². The number of aryl methyl sites for hydroxylation is 1. The summed E-state index contributed by atoms with van der Waals surface area (Å²) in [6.45, 7) is 4.07. The molecule has 1 heterocycles. The van der Waals surface area contributed by atoms with Crippen LogP contribution in [0.3, 0.4) is 0 Å². The van der Waals surface area contributed by atoms with Crippen LogP contribution in [0.15, 0.2) is 46.9 Å². The third-order valence-corrected chi connectivity index (χ3v) is 6.64. The van der Waals surface area contributed by atoms with E-state index in [1.165, 1.54) is 24.0 Å². The molecular formula is C26H25NO3. The minimum Gasteiger partial charge on any atom is -0.461 e. The molecule has 1 fully saturated rings. The Kier molecular flexibility index (Phi) is 4.39. The number of nitrogens with two attached hydrogens (primary N) is 1. The Morgan fingerprint density at radius 3 is 2.33 bits per heavy atom. The van der Waals surface area contributed by atoms with Crippen molar-refractivity contribution in [1.29, 1.82) is 0 Å². The molecule has 1 saturated carbocycles. The lowest BCUT2D eigenvalue weighted by Gasteiger charge is -2.26. The lowest BCUT2D eigenvalue weighted by Crippen LogP contribution is -2.13. The standard InChI is InChI=1S/C26H25NO3/c1-14-13-22-23(28)12-11-20(17-3-4-17)24-15(2)19(9-10-21(24)25(22)30-14)16-5-7-18(8-6-16)26(27)29/h5-10,13,17,20H,3-4,11-12H2,1-2H3,(H2,27,29). The highest BCUT2D eigenvalue weighted by Gasteiger charge is 2.37. The molecular weight excluding hydrogens is 374 g/mol. The Hall–Kier alpha value is -3.14. The van der Waals surface area contributed by atoms with Gasteiger partial charge in [0.2, 0.25) is 5.91 Å². The Balaban J connectivity index is 1.71. The molecule has 1 atom stereocenters. The van der Waals surface area contributed by atoms with Crippen molar-refractivity contribution < 1.29 is 14.0 Å². The fourth-order valence-electron chi connectivity index (χ4n) is 4.99. The predicted molar refractivity (Wildman–Crippen MR) is 117 cm³/mol. The first-order chi connectivity index (χ1) is 14.4. The largest absolute Gasteiger partial charge is 0.461 e. The molecule has 0 spiro atoms. The molecule has 1 amide bonds. The van der Waals surface area contributed by atoms with E-state index in [0.29, 0.717) is 29.4 Å². The second-order valence-corrected chi connectivity index (χ2v) is 8.65. The van der Waals surface area contributed by atoms with Gasteiger partial charge >= 0.3 is 0 Å². The molecule has 152 valence electrons. The lowest BCUT2D eigenvalue weighted by atomic mass is 9.78. The molecule has 4 heteroatoms. The summed E-state index contributed by atoms with van der Waals surface area (Å²) in [5.74, 6) is 2.26. The van der Waals surface area contributed by atoms with Crippen molar-refractivity contribution in [2.24, 2.45) is 11.7 Å². The van der Waals surface area contributed by atoms with E-state index in [1.807, 2.05) is 25.1 Å². The monoisotopic (exact) mass is 399 g/mol. The number of benzene rings is 2. The zero-order chi connectivity index (χ0) is 21.0. The maximum atomic E-state index is 12.8. The van der Waals surface area contributed by atoms with E-state index >= 15 is 0 Å². The number of amides is 1. The van der Waals surface area contributed by atoms with Crippen LogP contribution in [-0.2, 0) is 0 Å². The molecule has 2 aliphatic rings. The Morgan fingerprint density at radius 2 is 1.67 bits per heavy atom. The summed E-state index contributed by atoms with van der Waals surface area (Å²) < 4.78 is 6.06. The molecule has 0 aliphatic heterocycles. The van der Waals surface area contributed by atoms with Crippen molar-refractivity contribution in [3.8, 4) is 22.5 Å². The van der Waals surface area contributed by atoms with Crippen molar-refractivity contribution in [2.45, 2.75) is 45.4 Å². The fraction of sp³-hybridized carbons (Fsp3) is 0.308. The minimum absolute atomic E-state index is 0.182. The van der Waals surface area contributed by atoms with Gasteiger partial charge in [0.15, 0.2) is 5.78 Å². The van der Waals surface area contributed by atoms with E-state index in [9.17, 15) is 9.59 Å². The molecule has 2 aromatic carbocycles. The SMILES string of the molecule is Cc1cc2c(o1)-c1ccc(-c3ccc(C(N)=O)cc3)c(C)c1C(C1CC1)CCC2=O. The van der Waals surface area contributed by atoms with Crippen LogP contribution in [-0.4, -0.2) is 11.7 Å². The van der Waals surface area contributed by atoms with Crippen LogP contribution in [0.5, 0.6) is 0 Å². The molecule has 2 N–H and O–H groups in total. The van der Waals surface area contributed by atoms with Crippen LogP contribution in [0.1, 0.15) is 69.2 Å². The second kappa shape index (κ2) is 6.98.